The minimum atomic E-state index is -0.371. The van der Waals surface area contributed by atoms with Crippen LogP contribution in [0, 0.1) is 5.82 Å². The number of furan rings is 1. The number of hydrogen-bond donors (Lipinski definition) is 2. The number of benzene rings is 1. The zero-order valence-electron chi connectivity index (χ0n) is 14.9. The summed E-state index contributed by atoms with van der Waals surface area (Å²) in [7, 11) is 0. The van der Waals surface area contributed by atoms with Crippen molar-refractivity contribution in [2.24, 2.45) is 0 Å². The van der Waals surface area contributed by atoms with Gasteiger partial charge in [0.05, 0.1) is 45.3 Å². The number of hydrogen-bond acceptors (Lipinski definition) is 5. The molecule has 0 saturated heterocycles. The van der Waals surface area contributed by atoms with Crippen LogP contribution >= 0.6 is 23.1 Å². The van der Waals surface area contributed by atoms with Gasteiger partial charge >= 0.3 is 0 Å². The van der Waals surface area contributed by atoms with E-state index in [-0.39, 0.29) is 17.6 Å². The number of carbonyl (C=O) groups excluding carboxylic acids is 2. The Bertz CT molecular complexity index is 1230. The first-order valence-electron chi connectivity index (χ1n) is 8.74. The van der Waals surface area contributed by atoms with E-state index in [1.54, 1.807) is 35.8 Å². The molecule has 1 aromatic carbocycles. The van der Waals surface area contributed by atoms with Crippen LogP contribution in [0.5, 0.6) is 0 Å². The summed E-state index contributed by atoms with van der Waals surface area (Å²) in [6, 6.07) is 7.91. The van der Waals surface area contributed by atoms with Crippen molar-refractivity contribution >= 4 is 57.2 Å². The molecule has 0 bridgehead atoms. The Morgan fingerprint density at radius 1 is 1.31 bits per heavy atom. The molecule has 4 aromatic rings. The Kier molecular flexibility index (Phi) is 4.40. The second-order valence-corrected chi connectivity index (χ2v) is 8.83. The van der Waals surface area contributed by atoms with E-state index in [4.69, 9.17) is 4.42 Å². The standard InChI is InChI=1S/C20H14FN3O3S2/c21-12-1-2-14-13(5-12)15(7-22-14)23-19(26)17-6-16-20(29-17)28-10-18(25)24(16)8-11-3-4-27-9-11/h1-7,9,22H,8,10H2,(H,23,26). The minimum Gasteiger partial charge on any atom is -0.472 e. The first kappa shape index (κ1) is 18.0. The van der Waals surface area contributed by atoms with Gasteiger partial charge < -0.3 is 19.6 Å². The van der Waals surface area contributed by atoms with E-state index >= 15 is 0 Å². The van der Waals surface area contributed by atoms with Crippen LogP contribution in [0.4, 0.5) is 15.8 Å². The predicted molar refractivity (Wildman–Crippen MR) is 111 cm³/mol. The van der Waals surface area contributed by atoms with Crippen molar-refractivity contribution in [1.82, 2.24) is 4.98 Å². The molecule has 0 radical (unpaired) electrons. The molecule has 5 rings (SSSR count). The number of anilines is 2. The zero-order chi connectivity index (χ0) is 20.0. The number of fused-ring (bicyclic) bond motifs is 2. The normalized spacial score (nSPS) is 13.7. The average molecular weight is 427 g/mol. The number of thioether (sulfide) groups is 1. The molecule has 9 heteroatoms. The van der Waals surface area contributed by atoms with E-state index in [0.717, 1.165) is 21.0 Å². The third-order valence-corrected chi connectivity index (χ3v) is 7.02. The van der Waals surface area contributed by atoms with Crippen LogP contribution in [0.25, 0.3) is 10.9 Å². The van der Waals surface area contributed by atoms with Gasteiger partial charge in [-0.3, -0.25) is 9.59 Å². The van der Waals surface area contributed by atoms with Crippen LogP contribution in [0.2, 0.25) is 0 Å². The molecule has 4 heterocycles. The Balaban J connectivity index is 1.42. The van der Waals surface area contributed by atoms with Gasteiger partial charge in [0.15, 0.2) is 0 Å². The molecule has 0 saturated carbocycles. The third kappa shape index (κ3) is 3.32. The van der Waals surface area contributed by atoms with E-state index in [9.17, 15) is 14.0 Å². The van der Waals surface area contributed by atoms with Gasteiger partial charge in [-0.25, -0.2) is 4.39 Å². The summed E-state index contributed by atoms with van der Waals surface area (Å²) in [6.07, 6.45) is 4.81. The van der Waals surface area contributed by atoms with Gasteiger partial charge in [0.2, 0.25) is 5.91 Å². The summed E-state index contributed by atoms with van der Waals surface area (Å²) in [5.41, 5.74) is 2.86. The Labute approximate surface area is 172 Å². The van der Waals surface area contributed by atoms with Crippen molar-refractivity contribution < 1.29 is 18.4 Å². The number of aromatic amines is 1. The maximum Gasteiger partial charge on any atom is 0.265 e. The molecule has 6 nitrogen and oxygen atoms in total. The molecular formula is C20H14FN3O3S2. The van der Waals surface area contributed by atoms with Crippen LogP contribution in [0.1, 0.15) is 15.2 Å². The number of aromatic nitrogens is 1. The highest BCUT2D eigenvalue weighted by atomic mass is 32.2. The molecule has 1 aliphatic heterocycles. The lowest BCUT2D eigenvalue weighted by molar-refractivity contribution is -0.116. The Morgan fingerprint density at radius 2 is 2.21 bits per heavy atom. The fourth-order valence-electron chi connectivity index (χ4n) is 3.23. The Morgan fingerprint density at radius 3 is 3.03 bits per heavy atom. The minimum absolute atomic E-state index is 0.0134. The molecule has 146 valence electrons. The Hall–Kier alpha value is -3.04. The second kappa shape index (κ2) is 7.09. The first-order valence-corrected chi connectivity index (χ1v) is 10.5. The van der Waals surface area contributed by atoms with Gasteiger partial charge in [-0.05, 0) is 30.3 Å². The largest absolute Gasteiger partial charge is 0.472 e. The highest BCUT2D eigenvalue weighted by molar-refractivity contribution is 8.02. The lowest BCUT2D eigenvalue weighted by Gasteiger charge is -2.25. The number of amides is 2. The van der Waals surface area contributed by atoms with Crippen LogP contribution in [0.3, 0.4) is 0 Å². The highest BCUT2D eigenvalue weighted by Gasteiger charge is 2.29. The zero-order valence-corrected chi connectivity index (χ0v) is 16.5. The summed E-state index contributed by atoms with van der Waals surface area (Å²) in [5.74, 6) is -0.357. The topological polar surface area (TPSA) is 78.3 Å². The molecule has 0 aliphatic carbocycles. The lowest BCUT2D eigenvalue weighted by Crippen LogP contribution is -2.34. The number of carbonyl (C=O) groups is 2. The van der Waals surface area contributed by atoms with Gasteiger partial charge in [0, 0.05) is 22.7 Å². The van der Waals surface area contributed by atoms with Gasteiger partial charge in [0.25, 0.3) is 5.91 Å². The molecule has 0 fully saturated rings. The maximum absolute atomic E-state index is 13.6. The van der Waals surface area contributed by atoms with Crippen LogP contribution in [-0.4, -0.2) is 22.6 Å². The SMILES string of the molecule is O=C(Nc1c[nH]c2ccc(F)cc12)c1cc2c(s1)SCC(=O)N2Cc1ccoc1. The first-order chi connectivity index (χ1) is 14.1. The van der Waals surface area contributed by atoms with Crippen molar-refractivity contribution in [2.75, 3.05) is 16.0 Å². The summed E-state index contributed by atoms with van der Waals surface area (Å²) in [6.45, 7) is 0.391. The van der Waals surface area contributed by atoms with Gasteiger partial charge in [-0.1, -0.05) is 0 Å². The molecule has 3 aromatic heterocycles. The summed E-state index contributed by atoms with van der Waals surface area (Å²) >= 11 is 2.77. The lowest BCUT2D eigenvalue weighted by atomic mass is 10.2. The fraction of sp³-hybridized carbons (Fsp3) is 0.100. The van der Waals surface area contributed by atoms with Crippen LogP contribution in [-0.2, 0) is 11.3 Å². The van der Waals surface area contributed by atoms with E-state index in [0.29, 0.717) is 28.2 Å². The summed E-state index contributed by atoms with van der Waals surface area (Å²) < 4.78 is 19.6. The number of halogens is 1. The molecule has 1 aliphatic rings. The van der Waals surface area contributed by atoms with Crippen molar-refractivity contribution in [2.45, 2.75) is 10.8 Å². The van der Waals surface area contributed by atoms with Gasteiger partial charge in [-0.2, -0.15) is 0 Å². The molecule has 0 spiro atoms. The number of thiophene rings is 1. The van der Waals surface area contributed by atoms with Crippen LogP contribution < -0.4 is 10.2 Å². The van der Waals surface area contributed by atoms with Crippen molar-refractivity contribution in [1.29, 1.82) is 0 Å². The fourth-order valence-corrected chi connectivity index (χ4v) is 5.42. The molecule has 0 atom stereocenters. The van der Waals surface area contributed by atoms with E-state index < -0.39 is 0 Å². The van der Waals surface area contributed by atoms with E-state index in [1.807, 2.05) is 6.07 Å². The summed E-state index contributed by atoms with van der Waals surface area (Å²) in [4.78, 5) is 30.4. The van der Waals surface area contributed by atoms with Crippen molar-refractivity contribution in [3.05, 3.63) is 65.3 Å². The second-order valence-electron chi connectivity index (χ2n) is 6.53. The van der Waals surface area contributed by atoms with Crippen molar-refractivity contribution in [3.63, 3.8) is 0 Å². The predicted octanol–water partition coefficient (Wildman–Crippen LogP) is 4.85. The third-order valence-electron chi connectivity index (χ3n) is 4.63. The smallest absolute Gasteiger partial charge is 0.265 e. The van der Waals surface area contributed by atoms with E-state index in [2.05, 4.69) is 10.3 Å². The number of rotatable bonds is 4. The quantitative estimate of drug-likeness (QED) is 0.488. The highest BCUT2D eigenvalue weighted by Crippen LogP contribution is 2.43. The van der Waals surface area contributed by atoms with Gasteiger partial charge in [0.1, 0.15) is 5.82 Å². The maximum atomic E-state index is 13.6. The molecule has 2 N–H and O–H groups in total. The average Bonchev–Trinajstić information content (AvgIpc) is 3.44. The number of nitrogens with zero attached hydrogens (tertiary/aromatic N) is 1. The van der Waals surface area contributed by atoms with Crippen LogP contribution in [0.15, 0.2) is 57.7 Å². The molecular weight excluding hydrogens is 413 g/mol. The monoisotopic (exact) mass is 427 g/mol. The van der Waals surface area contributed by atoms with Gasteiger partial charge in [-0.15, -0.1) is 23.1 Å². The van der Waals surface area contributed by atoms with Crippen molar-refractivity contribution in [3.8, 4) is 0 Å². The molecule has 29 heavy (non-hydrogen) atoms. The number of nitrogens with one attached hydrogen (secondary N) is 2. The molecule has 0 unspecified atom stereocenters. The number of H-pyrrole nitrogens is 1. The van der Waals surface area contributed by atoms with E-state index in [1.165, 1.54) is 35.2 Å². The summed E-state index contributed by atoms with van der Waals surface area (Å²) in [5, 5.41) is 3.44. The molecule has 2 amide bonds.